The molecule has 0 saturated heterocycles. The molecule has 1 heteroatoms. The molecule has 0 heterocycles. The van der Waals surface area contributed by atoms with Crippen molar-refractivity contribution in [2.24, 2.45) is 5.92 Å². The molecule has 0 aliphatic heterocycles. The Hall–Kier alpha value is -0.820. The molecule has 0 spiro atoms. The Balaban J connectivity index is 1.96. The highest BCUT2D eigenvalue weighted by molar-refractivity contribution is 5.19. The Morgan fingerprint density at radius 1 is 1.05 bits per heavy atom. The van der Waals surface area contributed by atoms with Crippen molar-refractivity contribution in [3.05, 3.63) is 35.9 Å². The van der Waals surface area contributed by atoms with Gasteiger partial charge in [-0.15, -0.1) is 0 Å². The number of rotatable bonds is 7. The van der Waals surface area contributed by atoms with Crippen molar-refractivity contribution in [3.8, 4) is 0 Å². The maximum Gasteiger partial charge on any atom is 0.0322 e. The van der Waals surface area contributed by atoms with Crippen LogP contribution < -0.4 is 5.32 Å². The molecule has 118 valence electrons. The highest BCUT2D eigenvalue weighted by Gasteiger charge is 2.22. The molecular weight excluding hydrogens is 254 g/mol. The molecule has 1 N–H and O–H groups in total. The lowest BCUT2D eigenvalue weighted by atomic mass is 9.91. The van der Waals surface area contributed by atoms with E-state index in [4.69, 9.17) is 0 Å². The summed E-state index contributed by atoms with van der Waals surface area (Å²) in [7, 11) is 0. The molecule has 1 nitrogen and oxygen atoms in total. The summed E-state index contributed by atoms with van der Waals surface area (Å²) >= 11 is 0. The van der Waals surface area contributed by atoms with Crippen LogP contribution in [0.3, 0.4) is 0 Å². The Kier molecular flexibility index (Phi) is 7.29. The van der Waals surface area contributed by atoms with Crippen LogP contribution in [0.1, 0.15) is 83.2 Å². The van der Waals surface area contributed by atoms with E-state index in [2.05, 4.69) is 49.5 Å². The quantitative estimate of drug-likeness (QED) is 0.619. The minimum atomic E-state index is 0.532. The van der Waals surface area contributed by atoms with Gasteiger partial charge in [-0.1, -0.05) is 75.8 Å². The van der Waals surface area contributed by atoms with Crippen LogP contribution in [0.4, 0.5) is 0 Å². The van der Waals surface area contributed by atoms with Gasteiger partial charge in [0.25, 0.3) is 0 Å². The average Bonchev–Trinajstić information content (AvgIpc) is 2.81. The summed E-state index contributed by atoms with van der Waals surface area (Å²) in [5, 5.41) is 3.97. The number of unbranched alkanes of at least 4 members (excludes halogenated alkanes) is 1. The van der Waals surface area contributed by atoms with E-state index < -0.39 is 0 Å². The fourth-order valence-electron chi connectivity index (χ4n) is 3.70. The Morgan fingerprint density at radius 3 is 2.33 bits per heavy atom. The lowest BCUT2D eigenvalue weighted by molar-refractivity contribution is 0.301. The van der Waals surface area contributed by atoms with E-state index in [9.17, 15) is 0 Å². The standard InChI is InChI=1S/C20H33N/c1-3-4-16-20(19-14-10-7-11-15-19)21-17(2)18-12-8-5-6-9-13-18/h7,10-11,14-15,17-18,20-21H,3-6,8-9,12-13,16H2,1-2H3/t17-,20?/m0/s1. The van der Waals surface area contributed by atoms with Crippen LogP contribution >= 0.6 is 0 Å². The predicted octanol–water partition coefficient (Wildman–Crippen LogP) is 5.87. The second-order valence-corrected chi connectivity index (χ2v) is 6.81. The predicted molar refractivity (Wildman–Crippen MR) is 92.5 cm³/mol. The third kappa shape index (κ3) is 5.47. The third-order valence-corrected chi connectivity index (χ3v) is 5.12. The minimum absolute atomic E-state index is 0.532. The molecule has 2 rings (SSSR count). The van der Waals surface area contributed by atoms with Crippen molar-refractivity contribution in [2.45, 2.75) is 83.7 Å². The van der Waals surface area contributed by atoms with E-state index in [1.165, 1.54) is 63.4 Å². The summed E-state index contributed by atoms with van der Waals surface area (Å²) in [6.45, 7) is 4.70. The van der Waals surface area contributed by atoms with E-state index in [1.54, 1.807) is 0 Å². The summed E-state index contributed by atoms with van der Waals surface area (Å²) in [5.41, 5.74) is 1.46. The van der Waals surface area contributed by atoms with Gasteiger partial charge in [-0.25, -0.2) is 0 Å². The molecular formula is C20H33N. The Labute approximate surface area is 131 Å². The zero-order chi connectivity index (χ0) is 14.9. The van der Waals surface area contributed by atoms with Crippen LogP contribution in [0.5, 0.6) is 0 Å². The first-order valence-corrected chi connectivity index (χ1v) is 9.12. The first kappa shape index (κ1) is 16.5. The van der Waals surface area contributed by atoms with E-state index >= 15 is 0 Å². The molecule has 1 aliphatic carbocycles. The van der Waals surface area contributed by atoms with Gasteiger partial charge in [-0.3, -0.25) is 0 Å². The van der Waals surface area contributed by atoms with Crippen LogP contribution in [0, 0.1) is 5.92 Å². The molecule has 0 bridgehead atoms. The molecule has 2 atom stereocenters. The van der Waals surface area contributed by atoms with Crippen molar-refractivity contribution in [3.63, 3.8) is 0 Å². The lowest BCUT2D eigenvalue weighted by Gasteiger charge is -2.29. The maximum absolute atomic E-state index is 3.97. The largest absolute Gasteiger partial charge is 0.307 e. The summed E-state index contributed by atoms with van der Waals surface area (Å²) < 4.78 is 0. The number of benzene rings is 1. The summed E-state index contributed by atoms with van der Waals surface area (Å²) in [6, 6.07) is 12.2. The van der Waals surface area contributed by atoms with E-state index in [1.807, 2.05) is 0 Å². The van der Waals surface area contributed by atoms with Crippen molar-refractivity contribution in [1.29, 1.82) is 0 Å². The second kappa shape index (κ2) is 9.25. The lowest BCUT2D eigenvalue weighted by Crippen LogP contribution is -2.36. The molecule has 1 aromatic carbocycles. The maximum atomic E-state index is 3.97. The topological polar surface area (TPSA) is 12.0 Å². The van der Waals surface area contributed by atoms with Crippen LogP contribution in [0.15, 0.2) is 30.3 Å². The third-order valence-electron chi connectivity index (χ3n) is 5.12. The molecule has 0 amide bonds. The highest BCUT2D eigenvalue weighted by atomic mass is 15.0. The first-order chi connectivity index (χ1) is 10.3. The van der Waals surface area contributed by atoms with Gasteiger partial charge in [0.2, 0.25) is 0 Å². The molecule has 0 radical (unpaired) electrons. The van der Waals surface area contributed by atoms with Gasteiger partial charge in [0.15, 0.2) is 0 Å². The van der Waals surface area contributed by atoms with Gasteiger partial charge in [0.1, 0.15) is 0 Å². The molecule has 0 aromatic heterocycles. The van der Waals surface area contributed by atoms with Crippen LogP contribution in [-0.4, -0.2) is 6.04 Å². The van der Waals surface area contributed by atoms with Gasteiger partial charge in [0, 0.05) is 12.1 Å². The Bertz CT molecular complexity index is 365. The fourth-order valence-corrected chi connectivity index (χ4v) is 3.70. The minimum Gasteiger partial charge on any atom is -0.307 e. The molecule has 21 heavy (non-hydrogen) atoms. The van der Waals surface area contributed by atoms with Crippen LogP contribution in [0.2, 0.25) is 0 Å². The summed E-state index contributed by atoms with van der Waals surface area (Å²) in [6.07, 6.45) is 12.4. The summed E-state index contributed by atoms with van der Waals surface area (Å²) in [4.78, 5) is 0. The highest BCUT2D eigenvalue weighted by Crippen LogP contribution is 2.28. The normalized spacial score (nSPS) is 19.9. The molecule has 1 saturated carbocycles. The van der Waals surface area contributed by atoms with Crippen molar-refractivity contribution in [1.82, 2.24) is 5.32 Å². The van der Waals surface area contributed by atoms with Gasteiger partial charge in [0.05, 0.1) is 0 Å². The van der Waals surface area contributed by atoms with Crippen LogP contribution in [-0.2, 0) is 0 Å². The van der Waals surface area contributed by atoms with Crippen LogP contribution in [0.25, 0.3) is 0 Å². The average molecular weight is 287 g/mol. The number of hydrogen-bond donors (Lipinski definition) is 1. The van der Waals surface area contributed by atoms with Gasteiger partial charge < -0.3 is 5.32 Å². The number of hydrogen-bond acceptors (Lipinski definition) is 1. The van der Waals surface area contributed by atoms with Gasteiger partial charge >= 0.3 is 0 Å². The number of nitrogens with one attached hydrogen (secondary N) is 1. The van der Waals surface area contributed by atoms with Gasteiger partial charge in [-0.2, -0.15) is 0 Å². The Morgan fingerprint density at radius 2 is 1.71 bits per heavy atom. The molecule has 1 unspecified atom stereocenters. The molecule has 1 aliphatic rings. The van der Waals surface area contributed by atoms with E-state index in [0.717, 1.165) is 5.92 Å². The smallest absolute Gasteiger partial charge is 0.0322 e. The molecule has 1 aromatic rings. The first-order valence-electron chi connectivity index (χ1n) is 9.12. The van der Waals surface area contributed by atoms with Crippen molar-refractivity contribution < 1.29 is 0 Å². The van der Waals surface area contributed by atoms with Gasteiger partial charge in [-0.05, 0) is 37.7 Å². The van der Waals surface area contributed by atoms with Crippen molar-refractivity contribution >= 4 is 0 Å². The monoisotopic (exact) mass is 287 g/mol. The zero-order valence-corrected chi connectivity index (χ0v) is 14.0. The van der Waals surface area contributed by atoms with E-state index in [0.29, 0.717) is 12.1 Å². The SMILES string of the molecule is CCCCC(N[C@@H](C)C1CCCCCC1)c1ccccc1. The van der Waals surface area contributed by atoms with Crippen molar-refractivity contribution in [2.75, 3.05) is 0 Å². The second-order valence-electron chi connectivity index (χ2n) is 6.81. The molecule has 1 fully saturated rings. The zero-order valence-electron chi connectivity index (χ0n) is 14.0. The van der Waals surface area contributed by atoms with E-state index in [-0.39, 0.29) is 0 Å². The fraction of sp³-hybridized carbons (Fsp3) is 0.700. The summed E-state index contributed by atoms with van der Waals surface area (Å²) in [5.74, 6) is 0.875.